The quantitative estimate of drug-likeness (QED) is 0.571. The minimum absolute atomic E-state index is 0.133. The standard InChI is InChI=1S/C16H30O3/c1-2-3-4-5-6-7-8-15(16(17)18)10-9-14-11-12-19-13-14/h14-15H,2-13H2,1H3,(H,17,18). The van der Waals surface area contributed by atoms with E-state index in [2.05, 4.69) is 6.92 Å². The summed E-state index contributed by atoms with van der Waals surface area (Å²) < 4.78 is 5.34. The van der Waals surface area contributed by atoms with Crippen LogP contribution in [0, 0.1) is 11.8 Å². The normalized spacial score (nSPS) is 20.6. The van der Waals surface area contributed by atoms with Crippen molar-refractivity contribution < 1.29 is 14.6 Å². The van der Waals surface area contributed by atoms with Gasteiger partial charge >= 0.3 is 5.97 Å². The molecule has 2 atom stereocenters. The molecule has 0 radical (unpaired) electrons. The van der Waals surface area contributed by atoms with Crippen LogP contribution in [-0.2, 0) is 9.53 Å². The summed E-state index contributed by atoms with van der Waals surface area (Å²) in [6.45, 7) is 3.91. The maximum Gasteiger partial charge on any atom is 0.306 e. The lowest BCUT2D eigenvalue weighted by molar-refractivity contribution is -0.142. The summed E-state index contributed by atoms with van der Waals surface area (Å²) in [6, 6.07) is 0. The number of carboxylic acid groups (broad SMARTS) is 1. The Balaban J connectivity index is 2.08. The van der Waals surface area contributed by atoms with Crippen molar-refractivity contribution in [2.75, 3.05) is 13.2 Å². The van der Waals surface area contributed by atoms with E-state index >= 15 is 0 Å². The monoisotopic (exact) mass is 270 g/mol. The van der Waals surface area contributed by atoms with Crippen LogP contribution in [0.2, 0.25) is 0 Å². The van der Waals surface area contributed by atoms with Crippen LogP contribution in [0.1, 0.15) is 71.1 Å². The molecular formula is C16H30O3. The number of unbranched alkanes of at least 4 members (excludes halogenated alkanes) is 5. The molecule has 0 spiro atoms. The maximum absolute atomic E-state index is 11.2. The van der Waals surface area contributed by atoms with E-state index in [1.807, 2.05) is 0 Å². The van der Waals surface area contributed by atoms with Crippen LogP contribution < -0.4 is 0 Å². The summed E-state index contributed by atoms with van der Waals surface area (Å²) in [4.78, 5) is 11.2. The average molecular weight is 270 g/mol. The fraction of sp³-hybridized carbons (Fsp3) is 0.938. The molecular weight excluding hydrogens is 240 g/mol. The molecule has 1 fully saturated rings. The first kappa shape index (κ1) is 16.5. The zero-order chi connectivity index (χ0) is 13.9. The highest BCUT2D eigenvalue weighted by Gasteiger charge is 2.21. The number of hydrogen-bond acceptors (Lipinski definition) is 2. The summed E-state index contributed by atoms with van der Waals surface area (Å²) in [7, 11) is 0. The van der Waals surface area contributed by atoms with Gasteiger partial charge in [0.25, 0.3) is 0 Å². The molecule has 0 saturated carbocycles. The van der Waals surface area contributed by atoms with Gasteiger partial charge in [0, 0.05) is 13.2 Å². The number of aliphatic carboxylic acids is 1. The second kappa shape index (κ2) is 10.2. The lowest BCUT2D eigenvalue weighted by Crippen LogP contribution is -2.15. The van der Waals surface area contributed by atoms with Crippen LogP contribution >= 0.6 is 0 Å². The third-order valence-electron chi connectivity index (χ3n) is 4.20. The van der Waals surface area contributed by atoms with Crippen molar-refractivity contribution in [1.29, 1.82) is 0 Å². The Hall–Kier alpha value is -0.570. The Kier molecular flexibility index (Phi) is 8.89. The molecule has 2 unspecified atom stereocenters. The average Bonchev–Trinajstić information content (AvgIpc) is 2.89. The minimum Gasteiger partial charge on any atom is -0.481 e. The first-order chi connectivity index (χ1) is 9.24. The highest BCUT2D eigenvalue weighted by atomic mass is 16.5. The van der Waals surface area contributed by atoms with Crippen molar-refractivity contribution in [1.82, 2.24) is 0 Å². The van der Waals surface area contributed by atoms with E-state index in [-0.39, 0.29) is 5.92 Å². The third-order valence-corrected chi connectivity index (χ3v) is 4.20. The predicted octanol–water partition coefficient (Wildman–Crippen LogP) is 4.25. The third kappa shape index (κ3) is 7.56. The van der Waals surface area contributed by atoms with Crippen molar-refractivity contribution in [3.05, 3.63) is 0 Å². The van der Waals surface area contributed by atoms with E-state index in [1.54, 1.807) is 0 Å². The van der Waals surface area contributed by atoms with Gasteiger partial charge in [-0.3, -0.25) is 4.79 Å². The first-order valence-corrected chi connectivity index (χ1v) is 8.04. The lowest BCUT2D eigenvalue weighted by atomic mass is 9.91. The van der Waals surface area contributed by atoms with Gasteiger partial charge in [0.05, 0.1) is 5.92 Å². The molecule has 0 aliphatic carbocycles. The van der Waals surface area contributed by atoms with Gasteiger partial charge < -0.3 is 9.84 Å². The van der Waals surface area contributed by atoms with Gasteiger partial charge in [-0.2, -0.15) is 0 Å². The van der Waals surface area contributed by atoms with Gasteiger partial charge in [0.15, 0.2) is 0 Å². The summed E-state index contributed by atoms with van der Waals surface area (Å²) in [5, 5.41) is 9.26. The van der Waals surface area contributed by atoms with Gasteiger partial charge in [0.1, 0.15) is 0 Å². The number of hydrogen-bond donors (Lipinski definition) is 1. The Morgan fingerprint density at radius 2 is 1.95 bits per heavy atom. The molecule has 0 amide bonds. The van der Waals surface area contributed by atoms with E-state index < -0.39 is 5.97 Å². The Morgan fingerprint density at radius 1 is 1.21 bits per heavy atom. The summed E-state index contributed by atoms with van der Waals surface area (Å²) in [6.07, 6.45) is 11.2. The Bertz CT molecular complexity index is 234. The number of carbonyl (C=O) groups is 1. The number of ether oxygens (including phenoxy) is 1. The van der Waals surface area contributed by atoms with Crippen molar-refractivity contribution in [3.63, 3.8) is 0 Å². The lowest BCUT2D eigenvalue weighted by Gasteiger charge is -2.14. The molecule has 0 aromatic carbocycles. The molecule has 1 aliphatic heterocycles. The van der Waals surface area contributed by atoms with Gasteiger partial charge in [-0.05, 0) is 31.6 Å². The van der Waals surface area contributed by atoms with Gasteiger partial charge in [-0.15, -0.1) is 0 Å². The molecule has 3 nitrogen and oxygen atoms in total. The molecule has 1 N–H and O–H groups in total. The topological polar surface area (TPSA) is 46.5 Å². The van der Waals surface area contributed by atoms with Crippen molar-refractivity contribution in [2.45, 2.75) is 71.1 Å². The van der Waals surface area contributed by atoms with Crippen molar-refractivity contribution in [2.24, 2.45) is 11.8 Å². The predicted molar refractivity (Wildman–Crippen MR) is 77.3 cm³/mol. The van der Waals surface area contributed by atoms with E-state index in [1.165, 1.54) is 32.1 Å². The SMILES string of the molecule is CCCCCCCCC(CCC1CCOC1)C(=O)O. The van der Waals surface area contributed by atoms with Gasteiger partial charge in [-0.25, -0.2) is 0 Å². The molecule has 0 aromatic heterocycles. The molecule has 19 heavy (non-hydrogen) atoms. The zero-order valence-corrected chi connectivity index (χ0v) is 12.4. The molecule has 1 heterocycles. The molecule has 0 bridgehead atoms. The summed E-state index contributed by atoms with van der Waals surface area (Å²) >= 11 is 0. The van der Waals surface area contributed by atoms with E-state index in [0.29, 0.717) is 5.92 Å². The molecule has 1 aliphatic rings. The largest absolute Gasteiger partial charge is 0.481 e. The van der Waals surface area contributed by atoms with Crippen LogP contribution in [0.25, 0.3) is 0 Å². The van der Waals surface area contributed by atoms with Gasteiger partial charge in [-0.1, -0.05) is 45.4 Å². The fourth-order valence-corrected chi connectivity index (χ4v) is 2.81. The van der Waals surface area contributed by atoms with E-state index in [9.17, 15) is 9.90 Å². The first-order valence-electron chi connectivity index (χ1n) is 8.04. The highest BCUT2D eigenvalue weighted by Crippen LogP contribution is 2.24. The molecule has 3 heteroatoms. The fourth-order valence-electron chi connectivity index (χ4n) is 2.81. The van der Waals surface area contributed by atoms with E-state index in [0.717, 1.165) is 45.3 Å². The van der Waals surface area contributed by atoms with Crippen LogP contribution in [0.4, 0.5) is 0 Å². The van der Waals surface area contributed by atoms with Crippen LogP contribution in [0.5, 0.6) is 0 Å². The molecule has 1 saturated heterocycles. The Labute approximate surface area is 117 Å². The van der Waals surface area contributed by atoms with Crippen LogP contribution in [0.15, 0.2) is 0 Å². The molecule has 112 valence electrons. The molecule has 1 rings (SSSR count). The minimum atomic E-state index is -0.604. The van der Waals surface area contributed by atoms with Crippen LogP contribution in [-0.4, -0.2) is 24.3 Å². The highest BCUT2D eigenvalue weighted by molar-refractivity contribution is 5.69. The molecule has 0 aromatic rings. The number of rotatable bonds is 11. The second-order valence-corrected chi connectivity index (χ2v) is 5.90. The van der Waals surface area contributed by atoms with Gasteiger partial charge in [0.2, 0.25) is 0 Å². The van der Waals surface area contributed by atoms with Crippen molar-refractivity contribution >= 4 is 5.97 Å². The van der Waals surface area contributed by atoms with Crippen molar-refractivity contribution in [3.8, 4) is 0 Å². The smallest absolute Gasteiger partial charge is 0.306 e. The maximum atomic E-state index is 11.2. The second-order valence-electron chi connectivity index (χ2n) is 5.90. The van der Waals surface area contributed by atoms with Crippen LogP contribution in [0.3, 0.4) is 0 Å². The Morgan fingerprint density at radius 3 is 2.58 bits per heavy atom. The summed E-state index contributed by atoms with van der Waals surface area (Å²) in [5.41, 5.74) is 0. The van der Waals surface area contributed by atoms with E-state index in [4.69, 9.17) is 4.74 Å². The number of carboxylic acids is 1. The zero-order valence-electron chi connectivity index (χ0n) is 12.4. The summed E-state index contributed by atoms with van der Waals surface area (Å²) in [5.74, 6) is -0.134.